The standard InChI is InChI=1S/C14H14O2/c1-10(2)14(16-15)13-9-5-7-11-6-3-4-8-12(11)13/h3-9,14-15H,1H2,2H3/i1D2/hD. The smallest absolute Gasteiger partial charge is 0.251 e. The molecule has 0 aliphatic rings. The van der Waals surface area contributed by atoms with Crippen molar-refractivity contribution >= 4 is 10.8 Å². The molecule has 0 heterocycles. The summed E-state index contributed by atoms with van der Waals surface area (Å²) in [6.07, 6.45) is -0.728. The fourth-order valence-electron chi connectivity index (χ4n) is 1.84. The topological polar surface area (TPSA) is 29.5 Å². The first kappa shape index (κ1) is 7.60. The molecule has 0 fully saturated rings. The number of hydrogen-bond donors (Lipinski definition) is 1. The van der Waals surface area contributed by atoms with Crippen molar-refractivity contribution in [1.29, 1.82) is 1.43 Å². The van der Waals surface area contributed by atoms with Crippen molar-refractivity contribution in [2.24, 2.45) is 0 Å². The quantitative estimate of drug-likeness (QED) is 0.477. The van der Waals surface area contributed by atoms with Gasteiger partial charge in [-0.1, -0.05) is 49.0 Å². The second-order valence-corrected chi connectivity index (χ2v) is 3.73. The van der Waals surface area contributed by atoms with E-state index in [0.717, 1.165) is 16.3 Å². The lowest BCUT2D eigenvalue weighted by Gasteiger charge is -2.15. The molecular weight excluding hydrogens is 200 g/mol. The summed E-state index contributed by atoms with van der Waals surface area (Å²) in [5.74, 6) is 0. The molecule has 1 unspecified atom stereocenters. The Kier molecular flexibility index (Phi) is 2.13. The monoisotopic (exact) mass is 217 g/mol. The Hall–Kier alpha value is -1.64. The molecule has 2 heteroatoms. The summed E-state index contributed by atoms with van der Waals surface area (Å²) < 4.78 is 21.6. The summed E-state index contributed by atoms with van der Waals surface area (Å²) in [6, 6.07) is 13.4. The number of rotatable bonds is 4. The average molecular weight is 217 g/mol. The fraction of sp³-hybridized carbons (Fsp3) is 0.143. The van der Waals surface area contributed by atoms with Crippen LogP contribution in [0.4, 0.5) is 0 Å². The van der Waals surface area contributed by atoms with Crippen LogP contribution in [0.25, 0.3) is 12.2 Å². The van der Waals surface area contributed by atoms with Crippen LogP contribution in [0.5, 0.6) is 0 Å². The van der Waals surface area contributed by atoms with Gasteiger partial charge in [0.25, 0.3) is 1.43 Å². The van der Waals surface area contributed by atoms with Crippen LogP contribution in [0.1, 0.15) is 21.3 Å². The van der Waals surface area contributed by atoms with Gasteiger partial charge in [0.2, 0.25) is 0 Å². The minimum atomic E-state index is -0.728. The molecule has 1 atom stereocenters. The van der Waals surface area contributed by atoms with Gasteiger partial charge in [-0.25, -0.2) is 4.89 Å². The normalized spacial score (nSPS) is 14.9. The van der Waals surface area contributed by atoms with Crippen LogP contribution in [0.2, 0.25) is 0 Å². The highest BCUT2D eigenvalue weighted by atomic mass is 17.1. The zero-order valence-corrected chi connectivity index (χ0v) is 8.94. The lowest BCUT2D eigenvalue weighted by Crippen LogP contribution is -2.03. The molecule has 2 nitrogen and oxygen atoms in total. The lowest BCUT2D eigenvalue weighted by atomic mass is 9.97. The van der Waals surface area contributed by atoms with E-state index in [9.17, 15) is 0 Å². The van der Waals surface area contributed by atoms with Gasteiger partial charge in [-0.05, 0) is 28.8 Å². The Labute approximate surface area is 99.0 Å². The number of hydrogen-bond acceptors (Lipinski definition) is 2. The first-order valence-corrected chi connectivity index (χ1v) is 5.05. The molecule has 0 saturated carbocycles. The maximum Gasteiger partial charge on any atom is 0.255 e. The van der Waals surface area contributed by atoms with Crippen LogP contribution < -0.4 is 0 Å². The number of fused-ring (bicyclic) bond motifs is 1. The fourth-order valence-corrected chi connectivity index (χ4v) is 1.84. The third-order valence-corrected chi connectivity index (χ3v) is 2.60. The molecule has 0 radical (unpaired) electrons. The summed E-state index contributed by atoms with van der Waals surface area (Å²) in [5.41, 5.74) is 1.17. The van der Waals surface area contributed by atoms with Gasteiger partial charge < -0.3 is 0 Å². The van der Waals surface area contributed by atoms with E-state index < -0.39 is 6.10 Å². The van der Waals surface area contributed by atoms with Crippen molar-refractivity contribution in [1.82, 2.24) is 0 Å². The highest BCUT2D eigenvalue weighted by Gasteiger charge is 2.15. The summed E-state index contributed by atoms with van der Waals surface area (Å²) in [4.78, 5) is 4.93. The minimum Gasteiger partial charge on any atom is -0.251 e. The zero-order chi connectivity index (χ0) is 13.8. The molecule has 0 bridgehead atoms. The van der Waals surface area contributed by atoms with Gasteiger partial charge >= 0.3 is 0 Å². The van der Waals surface area contributed by atoms with Crippen LogP contribution in [0.15, 0.2) is 54.6 Å². The van der Waals surface area contributed by atoms with Crippen LogP contribution in [-0.4, -0.2) is 5.26 Å². The van der Waals surface area contributed by atoms with Gasteiger partial charge in [0.05, 0.1) is 2.74 Å². The first-order chi connectivity index (χ1) is 9.15. The van der Waals surface area contributed by atoms with E-state index >= 15 is 0 Å². The third kappa shape index (κ3) is 1.85. The maximum absolute atomic E-state index is 7.40. The van der Waals surface area contributed by atoms with Crippen molar-refractivity contribution in [3.05, 3.63) is 60.1 Å². The van der Waals surface area contributed by atoms with E-state index in [2.05, 4.69) is 5.26 Å². The Balaban J connectivity index is 2.60. The molecule has 0 aliphatic heterocycles. The van der Waals surface area contributed by atoms with E-state index in [0.29, 0.717) is 5.57 Å². The maximum atomic E-state index is 7.40. The molecule has 16 heavy (non-hydrogen) atoms. The van der Waals surface area contributed by atoms with E-state index in [1.807, 2.05) is 42.5 Å². The molecule has 0 aromatic heterocycles. The molecule has 1 N–H and O–H groups in total. The molecule has 2 aromatic carbocycles. The van der Waals surface area contributed by atoms with Crippen molar-refractivity contribution in [2.75, 3.05) is 0 Å². The van der Waals surface area contributed by atoms with Crippen molar-refractivity contribution < 1.29 is 12.9 Å². The minimum absolute atomic E-state index is 0.338. The third-order valence-electron chi connectivity index (χ3n) is 2.60. The SMILES string of the molecule is [2H]OOC(C(C)=C([2H])[2H])c1cccc2ccccc12. The van der Waals surface area contributed by atoms with Crippen LogP contribution in [0, 0.1) is 0 Å². The van der Waals surface area contributed by atoms with Crippen LogP contribution >= 0.6 is 0 Å². The molecule has 2 rings (SSSR count). The van der Waals surface area contributed by atoms with E-state index in [1.165, 1.54) is 0 Å². The molecule has 0 spiro atoms. The highest BCUT2D eigenvalue weighted by Crippen LogP contribution is 2.29. The molecule has 0 saturated heterocycles. The Morgan fingerprint density at radius 3 is 3.00 bits per heavy atom. The molecule has 0 amide bonds. The van der Waals surface area contributed by atoms with Gasteiger partial charge in [0, 0.05) is 0 Å². The predicted molar refractivity (Wildman–Crippen MR) is 65.2 cm³/mol. The molecule has 2 aromatic rings. The van der Waals surface area contributed by atoms with E-state index in [1.54, 1.807) is 6.92 Å². The first-order valence-electron chi connectivity index (χ1n) is 6.46. The summed E-state index contributed by atoms with van der Waals surface area (Å²) in [5, 5.41) is 6.01. The average Bonchev–Trinajstić information content (AvgIpc) is 2.43. The Bertz CT molecular complexity index is 601. The highest BCUT2D eigenvalue weighted by molar-refractivity contribution is 5.86. The molecule has 0 aliphatic carbocycles. The van der Waals surface area contributed by atoms with Gasteiger partial charge in [-0.15, -0.1) is 0 Å². The van der Waals surface area contributed by atoms with E-state index in [-0.39, 0.29) is 6.53 Å². The summed E-state index contributed by atoms with van der Waals surface area (Å²) in [7, 11) is 0. The van der Waals surface area contributed by atoms with Crippen LogP contribution in [-0.2, 0) is 4.89 Å². The van der Waals surface area contributed by atoms with Crippen molar-refractivity contribution in [2.45, 2.75) is 13.0 Å². The zero-order valence-electron chi connectivity index (χ0n) is 11.9. The second kappa shape index (κ2) is 4.47. The van der Waals surface area contributed by atoms with E-state index in [4.69, 9.17) is 9.06 Å². The Morgan fingerprint density at radius 2 is 2.19 bits per heavy atom. The van der Waals surface area contributed by atoms with Crippen molar-refractivity contribution in [3.8, 4) is 0 Å². The van der Waals surface area contributed by atoms with Gasteiger partial charge in [0.15, 0.2) is 0 Å². The lowest BCUT2D eigenvalue weighted by molar-refractivity contribution is -0.271. The molecular formula is C14H14O2. The summed E-state index contributed by atoms with van der Waals surface area (Å²) in [6.45, 7) is 1.29. The Morgan fingerprint density at radius 1 is 1.38 bits per heavy atom. The van der Waals surface area contributed by atoms with Gasteiger partial charge in [0.1, 0.15) is 6.10 Å². The number of benzene rings is 2. The second-order valence-electron chi connectivity index (χ2n) is 3.73. The van der Waals surface area contributed by atoms with Gasteiger partial charge in [-0.3, -0.25) is 5.26 Å². The van der Waals surface area contributed by atoms with Gasteiger partial charge in [-0.2, -0.15) is 0 Å². The summed E-state index contributed by atoms with van der Waals surface area (Å²) >= 11 is 0. The van der Waals surface area contributed by atoms with Crippen molar-refractivity contribution in [3.63, 3.8) is 0 Å². The van der Waals surface area contributed by atoms with Crippen LogP contribution in [0.3, 0.4) is 0 Å². The largest absolute Gasteiger partial charge is 0.255 e. The molecule has 82 valence electrons. The predicted octanol–water partition coefficient (Wildman–Crippen LogP) is 3.95.